The zero-order chi connectivity index (χ0) is 21.6. The lowest BCUT2D eigenvalue weighted by molar-refractivity contribution is -0.120. The Bertz CT molecular complexity index is 955. The van der Waals surface area contributed by atoms with Crippen molar-refractivity contribution in [2.75, 3.05) is 56.7 Å². The van der Waals surface area contributed by atoms with Gasteiger partial charge in [-0.25, -0.2) is 8.42 Å². The maximum absolute atomic E-state index is 13.0. The van der Waals surface area contributed by atoms with Crippen LogP contribution in [0.2, 0.25) is 0 Å². The number of ether oxygens (including phenoxy) is 2. The molecule has 2 aromatic rings. The molecular formula is C21H27N3O5S. The molecule has 162 valence electrons. The van der Waals surface area contributed by atoms with E-state index in [1.807, 2.05) is 31.2 Å². The topological polar surface area (TPSA) is 88.2 Å². The maximum Gasteiger partial charge on any atom is 0.250 e. The van der Waals surface area contributed by atoms with Gasteiger partial charge in [-0.15, -0.1) is 0 Å². The minimum atomic E-state index is -3.60. The summed E-state index contributed by atoms with van der Waals surface area (Å²) in [4.78, 5) is 14.0. The monoisotopic (exact) mass is 433 g/mol. The van der Waals surface area contributed by atoms with Crippen molar-refractivity contribution in [3.63, 3.8) is 0 Å². The predicted octanol–water partition coefficient (Wildman–Crippen LogP) is 2.18. The first kappa shape index (κ1) is 22.1. The summed E-state index contributed by atoms with van der Waals surface area (Å²) in [5.74, 6) is 0.496. The molecule has 8 nitrogen and oxygen atoms in total. The molecule has 1 aliphatic rings. The van der Waals surface area contributed by atoms with Crippen LogP contribution in [0.25, 0.3) is 0 Å². The maximum atomic E-state index is 13.0. The molecule has 0 aliphatic carbocycles. The van der Waals surface area contributed by atoms with Gasteiger partial charge in [0.05, 0.1) is 17.7 Å². The molecular weight excluding hydrogens is 406 g/mol. The smallest absolute Gasteiger partial charge is 0.250 e. The number of nitrogens with zero attached hydrogens (tertiary/aromatic N) is 2. The van der Waals surface area contributed by atoms with Crippen molar-refractivity contribution in [1.82, 2.24) is 4.31 Å². The number of benzene rings is 2. The van der Waals surface area contributed by atoms with Crippen molar-refractivity contribution in [2.24, 2.45) is 0 Å². The quantitative estimate of drug-likeness (QED) is 0.687. The number of piperazine rings is 1. The van der Waals surface area contributed by atoms with Crippen molar-refractivity contribution < 1.29 is 22.7 Å². The Labute approximate surface area is 177 Å². The molecule has 3 rings (SSSR count). The van der Waals surface area contributed by atoms with Crippen molar-refractivity contribution >= 4 is 27.3 Å². The first-order chi connectivity index (χ1) is 14.5. The molecule has 30 heavy (non-hydrogen) atoms. The molecule has 1 heterocycles. The van der Waals surface area contributed by atoms with E-state index in [-0.39, 0.29) is 17.4 Å². The lowest BCUT2D eigenvalue weighted by Crippen LogP contribution is -2.48. The number of sulfonamides is 1. The summed E-state index contributed by atoms with van der Waals surface area (Å²) in [7, 11) is -1.98. The molecule has 1 fully saturated rings. The van der Waals surface area contributed by atoms with E-state index in [1.165, 1.54) is 16.4 Å². The molecule has 0 radical (unpaired) electrons. The van der Waals surface area contributed by atoms with Gasteiger partial charge in [0.25, 0.3) is 0 Å². The van der Waals surface area contributed by atoms with Crippen LogP contribution in [-0.4, -0.2) is 65.1 Å². The Morgan fingerprint density at radius 1 is 1.03 bits per heavy atom. The van der Waals surface area contributed by atoms with E-state index < -0.39 is 10.0 Å². The molecule has 0 saturated carbocycles. The zero-order valence-electron chi connectivity index (χ0n) is 17.2. The van der Waals surface area contributed by atoms with Crippen LogP contribution in [0.3, 0.4) is 0 Å². The molecule has 9 heteroatoms. The number of anilines is 2. The second kappa shape index (κ2) is 9.92. The average Bonchev–Trinajstić information content (AvgIpc) is 2.78. The number of hydrogen-bond acceptors (Lipinski definition) is 6. The molecule has 1 amide bonds. The lowest BCUT2D eigenvalue weighted by Gasteiger charge is -2.35. The van der Waals surface area contributed by atoms with Crippen LogP contribution in [0.1, 0.15) is 6.92 Å². The van der Waals surface area contributed by atoms with Gasteiger partial charge >= 0.3 is 0 Å². The highest BCUT2D eigenvalue weighted by molar-refractivity contribution is 7.89. The third kappa shape index (κ3) is 5.10. The Morgan fingerprint density at radius 3 is 2.33 bits per heavy atom. The van der Waals surface area contributed by atoms with Crippen LogP contribution in [0.15, 0.2) is 53.4 Å². The molecule has 0 bridgehead atoms. The molecule has 0 atom stereocenters. The van der Waals surface area contributed by atoms with E-state index in [9.17, 15) is 13.2 Å². The van der Waals surface area contributed by atoms with Crippen LogP contribution >= 0.6 is 0 Å². The van der Waals surface area contributed by atoms with Crippen LogP contribution in [0.4, 0.5) is 11.4 Å². The van der Waals surface area contributed by atoms with E-state index in [1.54, 1.807) is 19.2 Å². The van der Waals surface area contributed by atoms with E-state index in [2.05, 4.69) is 10.2 Å². The standard InChI is InChI=1S/C21H27N3O5S/c1-3-29-16-21(25)22-17-8-10-18(11-9-17)30(26,27)24-14-12-23(13-15-24)19-6-4-5-7-20(19)28-2/h4-11H,3,12-16H2,1-2H3,(H,22,25). The molecule has 2 aromatic carbocycles. The summed E-state index contributed by atoms with van der Waals surface area (Å²) in [6.45, 7) is 4.14. The number of hydrogen-bond donors (Lipinski definition) is 1. The predicted molar refractivity (Wildman–Crippen MR) is 116 cm³/mol. The third-order valence-electron chi connectivity index (χ3n) is 4.88. The first-order valence-electron chi connectivity index (χ1n) is 9.81. The van der Waals surface area contributed by atoms with Gasteiger partial charge in [0, 0.05) is 38.5 Å². The van der Waals surface area contributed by atoms with E-state index in [0.717, 1.165) is 11.4 Å². The van der Waals surface area contributed by atoms with Gasteiger partial charge in [0.2, 0.25) is 15.9 Å². The summed E-state index contributed by atoms with van der Waals surface area (Å²) >= 11 is 0. The highest BCUT2D eigenvalue weighted by atomic mass is 32.2. The SMILES string of the molecule is CCOCC(=O)Nc1ccc(S(=O)(=O)N2CCN(c3ccccc3OC)CC2)cc1. The molecule has 1 aliphatic heterocycles. The van der Waals surface area contributed by atoms with E-state index >= 15 is 0 Å². The number of nitrogens with one attached hydrogen (secondary N) is 1. The van der Waals surface area contributed by atoms with E-state index in [0.29, 0.717) is 38.5 Å². The summed E-state index contributed by atoms with van der Waals surface area (Å²) in [5.41, 5.74) is 1.49. The number of rotatable bonds is 8. The summed E-state index contributed by atoms with van der Waals surface area (Å²) in [6.07, 6.45) is 0. The van der Waals surface area contributed by atoms with Crippen molar-refractivity contribution in [3.05, 3.63) is 48.5 Å². The van der Waals surface area contributed by atoms with Crippen molar-refractivity contribution in [2.45, 2.75) is 11.8 Å². The fraction of sp³-hybridized carbons (Fsp3) is 0.381. The molecule has 1 saturated heterocycles. The van der Waals surface area contributed by atoms with Crippen molar-refractivity contribution in [1.29, 1.82) is 0 Å². The van der Waals surface area contributed by atoms with Gasteiger partial charge in [0.1, 0.15) is 12.4 Å². The van der Waals surface area contributed by atoms with Gasteiger partial charge in [-0.2, -0.15) is 4.31 Å². The zero-order valence-corrected chi connectivity index (χ0v) is 18.0. The number of para-hydroxylation sites is 2. The molecule has 1 N–H and O–H groups in total. The highest BCUT2D eigenvalue weighted by Crippen LogP contribution is 2.29. The highest BCUT2D eigenvalue weighted by Gasteiger charge is 2.29. The minimum absolute atomic E-state index is 0.0347. The van der Waals surface area contributed by atoms with Gasteiger partial charge < -0.3 is 19.7 Å². The number of carbonyl (C=O) groups excluding carboxylic acids is 1. The molecule has 0 unspecified atom stereocenters. The average molecular weight is 434 g/mol. The molecule has 0 spiro atoms. The number of methoxy groups -OCH3 is 1. The van der Waals surface area contributed by atoms with Gasteiger partial charge in [-0.05, 0) is 43.3 Å². The van der Waals surface area contributed by atoms with Crippen LogP contribution in [0, 0.1) is 0 Å². The summed E-state index contributed by atoms with van der Waals surface area (Å²) < 4.78 is 38.0. The summed E-state index contributed by atoms with van der Waals surface area (Å²) in [6, 6.07) is 13.9. The fourth-order valence-electron chi connectivity index (χ4n) is 3.31. The second-order valence-corrected chi connectivity index (χ2v) is 8.71. The van der Waals surface area contributed by atoms with Crippen LogP contribution in [0.5, 0.6) is 5.75 Å². The van der Waals surface area contributed by atoms with Crippen LogP contribution < -0.4 is 15.0 Å². The Morgan fingerprint density at radius 2 is 1.70 bits per heavy atom. The summed E-state index contributed by atoms with van der Waals surface area (Å²) in [5, 5.41) is 2.68. The van der Waals surface area contributed by atoms with Crippen LogP contribution in [-0.2, 0) is 19.6 Å². The fourth-order valence-corrected chi connectivity index (χ4v) is 4.73. The van der Waals surface area contributed by atoms with Gasteiger partial charge in [0.15, 0.2) is 0 Å². The lowest BCUT2D eigenvalue weighted by atomic mass is 10.2. The third-order valence-corrected chi connectivity index (χ3v) is 6.79. The normalized spacial score (nSPS) is 15.1. The molecule has 0 aromatic heterocycles. The Kier molecular flexibility index (Phi) is 7.30. The Hall–Kier alpha value is -2.62. The van der Waals surface area contributed by atoms with Crippen molar-refractivity contribution in [3.8, 4) is 5.75 Å². The second-order valence-electron chi connectivity index (χ2n) is 6.77. The van der Waals surface area contributed by atoms with Gasteiger partial charge in [-0.3, -0.25) is 4.79 Å². The number of amides is 1. The Balaban J connectivity index is 1.63. The largest absolute Gasteiger partial charge is 0.495 e. The van der Waals surface area contributed by atoms with Gasteiger partial charge in [-0.1, -0.05) is 12.1 Å². The minimum Gasteiger partial charge on any atom is -0.495 e. The first-order valence-corrected chi connectivity index (χ1v) is 11.3. The number of carbonyl (C=O) groups is 1. The van der Waals surface area contributed by atoms with E-state index in [4.69, 9.17) is 9.47 Å².